The predicted octanol–water partition coefficient (Wildman–Crippen LogP) is 2.48. The van der Waals surface area contributed by atoms with Gasteiger partial charge in [-0.25, -0.2) is 4.79 Å². The fourth-order valence-electron chi connectivity index (χ4n) is 1.44. The molecule has 3 nitrogen and oxygen atoms in total. The molecule has 0 bridgehead atoms. The largest absolute Gasteiger partial charge is 0.421 e. The Morgan fingerprint density at radius 1 is 1.33 bits per heavy atom. The second kappa shape index (κ2) is 3.70. The number of fused-ring (bicyclic) bond motifs is 1. The van der Waals surface area contributed by atoms with Gasteiger partial charge in [0.15, 0.2) is 5.76 Å². The third-order valence-electron chi connectivity index (χ3n) is 2.05. The number of cyclic esters (lactones) is 1. The van der Waals surface area contributed by atoms with Gasteiger partial charge in [-0.05, 0) is 18.2 Å². The highest BCUT2D eigenvalue weighted by Gasteiger charge is 2.26. The number of hydrogen-bond donors (Lipinski definition) is 0. The zero-order valence-electron chi connectivity index (χ0n) is 8.45. The lowest BCUT2D eigenvalue weighted by molar-refractivity contribution is 0.0714. The summed E-state index contributed by atoms with van der Waals surface area (Å²) >= 11 is 3.37. The molecule has 0 aromatic heterocycles. The van der Waals surface area contributed by atoms with Crippen molar-refractivity contribution in [2.45, 2.75) is 0 Å². The Labute approximate surface area is 96.5 Å². The minimum atomic E-state index is -0.286. The normalized spacial score (nSPS) is 16.5. The highest BCUT2D eigenvalue weighted by Crippen LogP contribution is 2.31. The molecule has 0 saturated carbocycles. The summed E-state index contributed by atoms with van der Waals surface area (Å²) in [6.45, 7) is 0. The summed E-state index contributed by atoms with van der Waals surface area (Å²) in [5, 5.41) is 0. The number of rotatable bonds is 1. The third kappa shape index (κ3) is 1.90. The van der Waals surface area contributed by atoms with Crippen LogP contribution >= 0.6 is 15.9 Å². The molecule has 0 atom stereocenters. The highest BCUT2D eigenvalue weighted by atomic mass is 79.9. The van der Waals surface area contributed by atoms with Crippen molar-refractivity contribution in [2.75, 3.05) is 14.1 Å². The van der Waals surface area contributed by atoms with E-state index in [-0.39, 0.29) is 5.97 Å². The summed E-state index contributed by atoms with van der Waals surface area (Å²) in [5.41, 5.74) is 1.45. The molecule has 1 aromatic rings. The molecule has 4 heteroatoms. The van der Waals surface area contributed by atoms with Crippen LogP contribution in [0.15, 0.2) is 28.9 Å². The minimum Gasteiger partial charge on any atom is -0.421 e. The summed E-state index contributed by atoms with van der Waals surface area (Å²) in [7, 11) is 3.77. The van der Waals surface area contributed by atoms with Crippen LogP contribution in [-0.2, 0) is 4.74 Å². The monoisotopic (exact) mass is 267 g/mol. The molecular weight excluding hydrogens is 258 g/mol. The Kier molecular flexibility index (Phi) is 2.52. The Morgan fingerprint density at radius 3 is 2.73 bits per heavy atom. The number of benzene rings is 1. The third-order valence-corrected chi connectivity index (χ3v) is 2.54. The van der Waals surface area contributed by atoms with Gasteiger partial charge >= 0.3 is 5.97 Å². The molecule has 0 N–H and O–H groups in total. The van der Waals surface area contributed by atoms with Gasteiger partial charge in [-0.1, -0.05) is 15.9 Å². The van der Waals surface area contributed by atoms with Crippen LogP contribution in [-0.4, -0.2) is 25.0 Å². The van der Waals surface area contributed by atoms with E-state index in [1.165, 1.54) is 0 Å². The van der Waals surface area contributed by atoms with Gasteiger partial charge in [0.1, 0.15) is 0 Å². The number of esters is 1. The molecule has 1 aromatic carbocycles. The van der Waals surface area contributed by atoms with Crippen molar-refractivity contribution in [2.24, 2.45) is 0 Å². The first kappa shape index (κ1) is 10.2. The van der Waals surface area contributed by atoms with E-state index in [1.54, 1.807) is 12.3 Å². The molecule has 0 unspecified atom stereocenters. The molecule has 1 heterocycles. The lowest BCUT2D eigenvalue weighted by Gasteiger charge is -2.06. The zero-order chi connectivity index (χ0) is 11.0. The fraction of sp³-hybridized carbons (Fsp3) is 0.182. The summed E-state index contributed by atoms with van der Waals surface area (Å²) in [4.78, 5) is 13.3. The Morgan fingerprint density at radius 2 is 2.07 bits per heavy atom. The number of halogens is 1. The molecule has 0 fully saturated rings. The maximum absolute atomic E-state index is 11.5. The molecule has 1 aliphatic heterocycles. The average Bonchev–Trinajstić information content (AvgIpc) is 2.42. The number of carbonyl (C=O) groups is 1. The van der Waals surface area contributed by atoms with Gasteiger partial charge in [0.05, 0.1) is 5.56 Å². The van der Waals surface area contributed by atoms with Gasteiger partial charge in [0.25, 0.3) is 0 Å². The Bertz CT molecular complexity index is 452. The van der Waals surface area contributed by atoms with Crippen molar-refractivity contribution in [1.82, 2.24) is 4.90 Å². The van der Waals surface area contributed by atoms with Crippen molar-refractivity contribution < 1.29 is 9.53 Å². The van der Waals surface area contributed by atoms with E-state index < -0.39 is 0 Å². The van der Waals surface area contributed by atoms with Gasteiger partial charge in [0, 0.05) is 30.3 Å². The maximum Gasteiger partial charge on any atom is 0.344 e. The fourth-order valence-corrected chi connectivity index (χ4v) is 1.80. The predicted molar refractivity (Wildman–Crippen MR) is 61.2 cm³/mol. The molecule has 2 rings (SSSR count). The molecule has 0 aliphatic carbocycles. The number of nitrogens with zero attached hydrogens (tertiary/aromatic N) is 1. The number of ether oxygens (including phenoxy) is 1. The quantitative estimate of drug-likeness (QED) is 0.733. The van der Waals surface area contributed by atoms with E-state index in [2.05, 4.69) is 15.9 Å². The van der Waals surface area contributed by atoms with Crippen LogP contribution in [0.3, 0.4) is 0 Å². The summed E-state index contributed by atoms with van der Waals surface area (Å²) in [6, 6.07) is 5.48. The lowest BCUT2D eigenvalue weighted by Crippen LogP contribution is -2.02. The smallest absolute Gasteiger partial charge is 0.344 e. The van der Waals surface area contributed by atoms with E-state index >= 15 is 0 Å². The van der Waals surface area contributed by atoms with Crippen molar-refractivity contribution in [3.8, 4) is 0 Å². The first-order chi connectivity index (χ1) is 7.08. The second-order valence-corrected chi connectivity index (χ2v) is 4.45. The zero-order valence-corrected chi connectivity index (χ0v) is 10.0. The molecular formula is C11H10BrNO2. The van der Waals surface area contributed by atoms with Gasteiger partial charge in [-0.3, -0.25) is 0 Å². The molecule has 0 spiro atoms. The minimum absolute atomic E-state index is 0.286. The molecule has 1 aliphatic rings. The van der Waals surface area contributed by atoms with E-state index in [0.717, 1.165) is 10.0 Å². The van der Waals surface area contributed by atoms with E-state index in [1.807, 2.05) is 31.1 Å². The van der Waals surface area contributed by atoms with Crippen molar-refractivity contribution >= 4 is 27.7 Å². The van der Waals surface area contributed by atoms with Crippen LogP contribution in [0.1, 0.15) is 15.9 Å². The van der Waals surface area contributed by atoms with Crippen LogP contribution in [0.25, 0.3) is 5.76 Å². The second-order valence-electron chi connectivity index (χ2n) is 3.54. The van der Waals surface area contributed by atoms with Gasteiger partial charge < -0.3 is 9.64 Å². The van der Waals surface area contributed by atoms with Gasteiger partial charge in [-0.2, -0.15) is 0 Å². The number of carbonyl (C=O) groups excluding carboxylic acids is 1. The van der Waals surface area contributed by atoms with Crippen molar-refractivity contribution in [3.63, 3.8) is 0 Å². The maximum atomic E-state index is 11.5. The summed E-state index contributed by atoms with van der Waals surface area (Å²) < 4.78 is 6.09. The van der Waals surface area contributed by atoms with E-state index in [9.17, 15) is 4.79 Å². The lowest BCUT2D eigenvalue weighted by atomic mass is 10.1. The molecule has 15 heavy (non-hydrogen) atoms. The molecule has 78 valence electrons. The molecule has 0 radical (unpaired) electrons. The van der Waals surface area contributed by atoms with Gasteiger partial charge in [0.2, 0.25) is 0 Å². The van der Waals surface area contributed by atoms with Crippen LogP contribution in [0.4, 0.5) is 0 Å². The van der Waals surface area contributed by atoms with Crippen LogP contribution in [0, 0.1) is 0 Å². The summed E-state index contributed by atoms with van der Waals surface area (Å²) in [6.07, 6.45) is 1.79. The Hall–Kier alpha value is -1.29. The SMILES string of the molecule is CN(C)/C=C1\OC(=O)c2ccc(Br)cc21. The molecule has 0 saturated heterocycles. The van der Waals surface area contributed by atoms with Crippen molar-refractivity contribution in [3.05, 3.63) is 40.0 Å². The van der Waals surface area contributed by atoms with E-state index in [4.69, 9.17) is 4.74 Å². The van der Waals surface area contributed by atoms with Crippen molar-refractivity contribution in [1.29, 1.82) is 0 Å². The topological polar surface area (TPSA) is 29.5 Å². The van der Waals surface area contributed by atoms with E-state index in [0.29, 0.717) is 11.3 Å². The average molecular weight is 268 g/mol. The summed E-state index contributed by atoms with van der Waals surface area (Å²) in [5.74, 6) is 0.312. The number of hydrogen-bond acceptors (Lipinski definition) is 3. The molecule has 0 amide bonds. The standard InChI is InChI=1S/C11H10BrNO2/c1-13(2)6-10-9-5-7(12)3-4-8(9)11(14)15-10/h3-6H,1-2H3/b10-6-. The van der Waals surface area contributed by atoms with Gasteiger partial charge in [-0.15, -0.1) is 0 Å². The first-order valence-electron chi connectivity index (χ1n) is 4.48. The van der Waals surface area contributed by atoms with Crippen LogP contribution < -0.4 is 0 Å². The highest BCUT2D eigenvalue weighted by molar-refractivity contribution is 9.10. The first-order valence-corrected chi connectivity index (χ1v) is 5.27. The van der Waals surface area contributed by atoms with Crippen LogP contribution in [0.2, 0.25) is 0 Å². The Balaban J connectivity index is 2.53. The van der Waals surface area contributed by atoms with Crippen LogP contribution in [0.5, 0.6) is 0 Å².